The number of aromatic nitrogens is 2. The Labute approximate surface area is 130 Å². The number of hydrogen-bond acceptors (Lipinski definition) is 5. The highest BCUT2D eigenvalue weighted by molar-refractivity contribution is 7.86. The molecule has 0 aromatic carbocycles. The molecule has 0 radical (unpaired) electrons. The van der Waals surface area contributed by atoms with Gasteiger partial charge in [0.1, 0.15) is 0 Å². The van der Waals surface area contributed by atoms with Crippen LogP contribution in [-0.4, -0.2) is 54.9 Å². The number of rotatable bonds is 6. The fourth-order valence-electron chi connectivity index (χ4n) is 2.27. The van der Waals surface area contributed by atoms with Gasteiger partial charge in [-0.1, -0.05) is 5.16 Å². The summed E-state index contributed by atoms with van der Waals surface area (Å²) in [6.45, 7) is 0.192. The quantitative estimate of drug-likeness (QED) is 0.790. The van der Waals surface area contributed by atoms with Crippen molar-refractivity contribution in [2.24, 2.45) is 0 Å². The van der Waals surface area contributed by atoms with E-state index in [1.54, 1.807) is 0 Å². The van der Waals surface area contributed by atoms with Gasteiger partial charge in [-0.25, -0.2) is 4.39 Å². The molecule has 0 unspecified atom stereocenters. The Hall–Kier alpha value is -1.32. The van der Waals surface area contributed by atoms with E-state index < -0.39 is 16.0 Å². The maximum atomic E-state index is 14.1. The molecular formula is C13H21FN4O3S. The zero-order valence-electron chi connectivity index (χ0n) is 13.0. The van der Waals surface area contributed by atoms with E-state index in [0.717, 1.165) is 35.6 Å². The van der Waals surface area contributed by atoms with E-state index in [1.807, 2.05) is 0 Å². The summed E-state index contributed by atoms with van der Waals surface area (Å²) in [6, 6.07) is 0. The zero-order valence-corrected chi connectivity index (χ0v) is 13.9. The monoisotopic (exact) mass is 332 g/mol. The molecule has 1 saturated carbocycles. The van der Waals surface area contributed by atoms with E-state index in [-0.39, 0.29) is 18.9 Å². The summed E-state index contributed by atoms with van der Waals surface area (Å²) < 4.78 is 45.1. The fraction of sp³-hybridized carbons (Fsp3) is 0.692. The summed E-state index contributed by atoms with van der Waals surface area (Å²) in [5, 5.41) is 3.71. The van der Waals surface area contributed by atoms with E-state index in [1.165, 1.54) is 25.4 Å². The molecule has 0 amide bonds. The van der Waals surface area contributed by atoms with Crippen LogP contribution < -0.4 is 0 Å². The summed E-state index contributed by atoms with van der Waals surface area (Å²) in [4.78, 5) is 4.01. The molecule has 1 fully saturated rings. The summed E-state index contributed by atoms with van der Waals surface area (Å²) in [5.41, 5.74) is 0.725. The van der Waals surface area contributed by atoms with Crippen LogP contribution in [0.4, 0.5) is 4.39 Å². The molecule has 1 aromatic rings. The average Bonchev–Trinajstić information content (AvgIpc) is 3.15. The standard InChI is InChI=1S/C13H21FN4O3S/c1-17(2)22(19,20)18(3)9-8-11-15-13(21-16-11)12(14)10-6-4-5-7-10/h4-9H2,1-3H3. The Balaban J connectivity index is 2.00. The van der Waals surface area contributed by atoms with E-state index >= 15 is 0 Å². The van der Waals surface area contributed by atoms with E-state index in [0.29, 0.717) is 5.82 Å². The number of hydrogen-bond donors (Lipinski definition) is 0. The van der Waals surface area contributed by atoms with Gasteiger partial charge in [-0.3, -0.25) is 0 Å². The second-order valence-electron chi connectivity index (χ2n) is 5.50. The summed E-state index contributed by atoms with van der Waals surface area (Å²) in [5.74, 6) is -0.236. The van der Waals surface area contributed by atoms with Crippen molar-refractivity contribution < 1.29 is 17.3 Å². The Kier molecular flexibility index (Phi) is 5.30. The van der Waals surface area contributed by atoms with Crippen molar-refractivity contribution in [2.45, 2.75) is 32.1 Å². The van der Waals surface area contributed by atoms with Crippen LogP contribution in [0.15, 0.2) is 10.1 Å². The van der Waals surface area contributed by atoms with Gasteiger partial charge in [-0.15, -0.1) is 0 Å². The first-order valence-electron chi connectivity index (χ1n) is 7.16. The lowest BCUT2D eigenvalue weighted by molar-refractivity contribution is 0.384. The van der Waals surface area contributed by atoms with Crippen LogP contribution in [0, 0.1) is 0 Å². The largest absolute Gasteiger partial charge is 0.331 e. The number of allylic oxidation sites excluding steroid dienone is 1. The maximum Gasteiger partial charge on any atom is 0.286 e. The minimum Gasteiger partial charge on any atom is -0.331 e. The smallest absolute Gasteiger partial charge is 0.286 e. The molecule has 9 heteroatoms. The molecule has 0 spiro atoms. The van der Waals surface area contributed by atoms with Crippen molar-refractivity contribution >= 4 is 16.0 Å². The van der Waals surface area contributed by atoms with E-state index in [9.17, 15) is 12.8 Å². The Morgan fingerprint density at radius 2 is 1.91 bits per heavy atom. The summed E-state index contributed by atoms with van der Waals surface area (Å²) >= 11 is 0. The molecule has 0 bridgehead atoms. The van der Waals surface area contributed by atoms with Crippen LogP contribution in [0.2, 0.25) is 0 Å². The molecule has 124 valence electrons. The minimum absolute atomic E-state index is 0.106. The van der Waals surface area contributed by atoms with Crippen molar-refractivity contribution in [1.82, 2.24) is 18.8 Å². The van der Waals surface area contributed by atoms with Crippen LogP contribution >= 0.6 is 0 Å². The molecule has 1 heterocycles. The number of nitrogens with zero attached hydrogens (tertiary/aromatic N) is 4. The van der Waals surface area contributed by atoms with Gasteiger partial charge < -0.3 is 4.52 Å². The Bertz CT molecular complexity index is 646. The van der Waals surface area contributed by atoms with Crippen LogP contribution in [0.5, 0.6) is 0 Å². The highest BCUT2D eigenvalue weighted by atomic mass is 32.2. The van der Waals surface area contributed by atoms with Gasteiger partial charge in [0.2, 0.25) is 0 Å². The zero-order chi connectivity index (χ0) is 16.3. The normalized spacial score (nSPS) is 16.0. The third kappa shape index (κ3) is 3.71. The van der Waals surface area contributed by atoms with Crippen LogP contribution in [0.1, 0.15) is 37.4 Å². The van der Waals surface area contributed by atoms with Crippen LogP contribution in [0.25, 0.3) is 5.83 Å². The fourth-order valence-corrected chi connectivity index (χ4v) is 3.15. The molecule has 0 atom stereocenters. The summed E-state index contributed by atoms with van der Waals surface area (Å²) in [6.07, 6.45) is 3.68. The third-order valence-electron chi connectivity index (χ3n) is 3.68. The molecule has 7 nitrogen and oxygen atoms in total. The van der Waals surface area contributed by atoms with E-state index in [4.69, 9.17) is 4.52 Å². The Morgan fingerprint density at radius 3 is 2.50 bits per heavy atom. The average molecular weight is 332 g/mol. The van der Waals surface area contributed by atoms with Crippen LogP contribution in [0.3, 0.4) is 0 Å². The predicted molar refractivity (Wildman–Crippen MR) is 79.7 cm³/mol. The first kappa shape index (κ1) is 17.0. The highest BCUT2D eigenvalue weighted by Crippen LogP contribution is 2.31. The molecule has 0 aliphatic heterocycles. The maximum absolute atomic E-state index is 14.1. The topological polar surface area (TPSA) is 79.5 Å². The first-order valence-corrected chi connectivity index (χ1v) is 8.56. The Morgan fingerprint density at radius 1 is 1.27 bits per heavy atom. The molecule has 1 aromatic heterocycles. The van der Waals surface area contributed by atoms with E-state index in [2.05, 4.69) is 10.1 Å². The third-order valence-corrected chi connectivity index (χ3v) is 5.57. The van der Waals surface area contributed by atoms with Crippen LogP contribution in [-0.2, 0) is 16.6 Å². The minimum atomic E-state index is -3.47. The number of likely N-dealkylation sites (N-methyl/N-ethyl adjacent to an activating group) is 1. The molecule has 2 rings (SSSR count). The van der Waals surface area contributed by atoms with Gasteiger partial charge in [-0.05, 0) is 31.3 Å². The van der Waals surface area contributed by atoms with Crippen molar-refractivity contribution in [2.75, 3.05) is 27.7 Å². The van der Waals surface area contributed by atoms with Crippen molar-refractivity contribution in [3.05, 3.63) is 17.3 Å². The van der Waals surface area contributed by atoms with Gasteiger partial charge in [-0.2, -0.15) is 22.0 Å². The molecule has 1 aliphatic carbocycles. The van der Waals surface area contributed by atoms with Gasteiger partial charge in [0.05, 0.1) is 0 Å². The summed E-state index contributed by atoms with van der Waals surface area (Å²) in [7, 11) is 0.917. The second-order valence-corrected chi connectivity index (χ2v) is 7.75. The first-order chi connectivity index (χ1) is 10.3. The molecule has 1 aliphatic rings. The SMILES string of the molecule is CN(C)S(=O)(=O)N(C)CCc1noc(C(F)=C2CCCC2)n1. The van der Waals surface area contributed by atoms with Gasteiger partial charge in [0.15, 0.2) is 11.7 Å². The van der Waals surface area contributed by atoms with Gasteiger partial charge in [0, 0.05) is 34.1 Å². The number of halogens is 1. The predicted octanol–water partition coefficient (Wildman–Crippen LogP) is 1.60. The van der Waals surface area contributed by atoms with Crippen molar-refractivity contribution in [3.8, 4) is 0 Å². The lowest BCUT2D eigenvalue weighted by Gasteiger charge is -2.20. The van der Waals surface area contributed by atoms with Gasteiger partial charge in [0.25, 0.3) is 16.1 Å². The molecule has 0 saturated heterocycles. The van der Waals surface area contributed by atoms with Crippen molar-refractivity contribution in [1.29, 1.82) is 0 Å². The molecule has 0 N–H and O–H groups in total. The van der Waals surface area contributed by atoms with Crippen molar-refractivity contribution in [3.63, 3.8) is 0 Å². The van der Waals surface area contributed by atoms with Gasteiger partial charge >= 0.3 is 0 Å². The lowest BCUT2D eigenvalue weighted by atomic mass is 10.2. The molecular weight excluding hydrogens is 311 g/mol. The highest BCUT2D eigenvalue weighted by Gasteiger charge is 2.22. The lowest BCUT2D eigenvalue weighted by Crippen LogP contribution is -2.38. The molecule has 22 heavy (non-hydrogen) atoms. The second kappa shape index (κ2) is 6.84.